The molecule has 0 radical (unpaired) electrons. The molecule has 120 valence electrons. The molecule has 1 atom stereocenters. The summed E-state index contributed by atoms with van der Waals surface area (Å²) in [7, 11) is 0. The summed E-state index contributed by atoms with van der Waals surface area (Å²) in [6.07, 6.45) is 3.63. The Balaban J connectivity index is 1.36. The number of aromatic nitrogens is 4. The van der Waals surface area contributed by atoms with Crippen LogP contribution in [0.4, 0.5) is 0 Å². The molecule has 1 amide bonds. The monoisotopic (exact) mass is 312 g/mol. The van der Waals surface area contributed by atoms with Crippen molar-refractivity contribution in [3.8, 4) is 0 Å². The number of fused-ring (bicyclic) bond motifs is 1. The molecule has 2 aliphatic heterocycles. The van der Waals surface area contributed by atoms with Crippen molar-refractivity contribution in [1.29, 1.82) is 0 Å². The first kappa shape index (κ1) is 14.3. The number of carbonyl (C=O) groups excluding carboxylic acids is 1. The Hall–Kier alpha value is -2.28. The standard InChI is InChI=1S/C16H20N6O/c23-16(11-22-12-17-18-19-22)21-8-6-15(10-21)20-7-5-13-3-1-2-4-14(13)9-20/h1-4,12,15H,5-11H2. The van der Waals surface area contributed by atoms with E-state index in [4.69, 9.17) is 0 Å². The number of nitrogens with zero attached hydrogens (tertiary/aromatic N) is 6. The van der Waals surface area contributed by atoms with E-state index in [1.165, 1.54) is 22.1 Å². The van der Waals surface area contributed by atoms with Crippen molar-refractivity contribution >= 4 is 5.91 Å². The van der Waals surface area contributed by atoms with E-state index < -0.39 is 0 Å². The van der Waals surface area contributed by atoms with Gasteiger partial charge in [-0.15, -0.1) is 5.10 Å². The number of rotatable bonds is 3. The molecule has 1 aromatic carbocycles. The van der Waals surface area contributed by atoms with Gasteiger partial charge in [0.1, 0.15) is 12.9 Å². The summed E-state index contributed by atoms with van der Waals surface area (Å²) in [4.78, 5) is 16.8. The second-order valence-corrected chi connectivity index (χ2v) is 6.28. The van der Waals surface area contributed by atoms with Gasteiger partial charge in [-0.2, -0.15) is 0 Å². The molecular formula is C16H20N6O. The Morgan fingerprint density at radius 1 is 1.22 bits per heavy atom. The number of carbonyl (C=O) groups is 1. The summed E-state index contributed by atoms with van der Waals surface area (Å²) >= 11 is 0. The van der Waals surface area contributed by atoms with Crippen molar-refractivity contribution in [2.75, 3.05) is 19.6 Å². The maximum Gasteiger partial charge on any atom is 0.244 e. The first-order chi connectivity index (χ1) is 11.3. The molecule has 0 aliphatic carbocycles. The minimum atomic E-state index is 0.0946. The van der Waals surface area contributed by atoms with Crippen LogP contribution in [0.25, 0.3) is 0 Å². The van der Waals surface area contributed by atoms with Gasteiger partial charge < -0.3 is 4.90 Å². The average Bonchev–Trinajstić information content (AvgIpc) is 3.26. The zero-order valence-corrected chi connectivity index (χ0v) is 13.0. The normalized spacial score (nSPS) is 21.4. The van der Waals surface area contributed by atoms with Gasteiger partial charge in [0.05, 0.1) is 0 Å². The highest BCUT2D eigenvalue weighted by Crippen LogP contribution is 2.24. The molecule has 1 unspecified atom stereocenters. The van der Waals surface area contributed by atoms with Crippen molar-refractivity contribution < 1.29 is 4.79 Å². The molecule has 0 bridgehead atoms. The Labute approximate surface area is 134 Å². The summed E-state index contributed by atoms with van der Waals surface area (Å²) in [5.74, 6) is 0.0946. The molecule has 4 rings (SSSR count). The van der Waals surface area contributed by atoms with Crippen LogP contribution in [0.15, 0.2) is 30.6 Å². The fraction of sp³-hybridized carbons (Fsp3) is 0.500. The van der Waals surface area contributed by atoms with Gasteiger partial charge in [-0.25, -0.2) is 4.68 Å². The smallest absolute Gasteiger partial charge is 0.244 e. The highest BCUT2D eigenvalue weighted by molar-refractivity contribution is 5.76. The fourth-order valence-electron chi connectivity index (χ4n) is 3.59. The highest BCUT2D eigenvalue weighted by atomic mass is 16.2. The van der Waals surface area contributed by atoms with Crippen molar-refractivity contribution in [2.45, 2.75) is 32.0 Å². The summed E-state index contributed by atoms with van der Waals surface area (Å²) in [5.41, 5.74) is 2.89. The SMILES string of the molecule is O=C(Cn1cnnn1)N1CCC(N2CCc3ccccc3C2)C1. The lowest BCUT2D eigenvalue weighted by atomic mass is 9.98. The van der Waals surface area contributed by atoms with Crippen molar-refractivity contribution in [3.63, 3.8) is 0 Å². The number of hydrogen-bond donors (Lipinski definition) is 0. The maximum absolute atomic E-state index is 12.3. The largest absolute Gasteiger partial charge is 0.339 e. The van der Waals surface area contributed by atoms with Gasteiger partial charge in [0.25, 0.3) is 0 Å². The lowest BCUT2D eigenvalue weighted by molar-refractivity contribution is -0.131. The van der Waals surface area contributed by atoms with Crippen LogP contribution in [0.1, 0.15) is 17.5 Å². The topological polar surface area (TPSA) is 67.2 Å². The molecule has 23 heavy (non-hydrogen) atoms. The minimum absolute atomic E-state index is 0.0946. The number of likely N-dealkylation sites (tertiary alicyclic amines) is 1. The molecule has 0 spiro atoms. The molecule has 3 heterocycles. The lowest BCUT2D eigenvalue weighted by Gasteiger charge is -2.33. The van der Waals surface area contributed by atoms with Crippen LogP contribution in [-0.2, 0) is 24.3 Å². The molecule has 1 fully saturated rings. The molecule has 2 aromatic rings. The molecule has 7 nitrogen and oxygen atoms in total. The third kappa shape index (κ3) is 2.96. The van der Waals surface area contributed by atoms with Crippen LogP contribution in [0, 0.1) is 0 Å². The molecule has 7 heteroatoms. The van der Waals surface area contributed by atoms with Gasteiger partial charge in [-0.1, -0.05) is 24.3 Å². The second kappa shape index (κ2) is 6.08. The van der Waals surface area contributed by atoms with Crippen molar-refractivity contribution in [2.24, 2.45) is 0 Å². The van der Waals surface area contributed by atoms with Gasteiger partial charge >= 0.3 is 0 Å². The Bertz CT molecular complexity index is 686. The summed E-state index contributed by atoms with van der Waals surface area (Å²) < 4.78 is 1.48. The zero-order valence-electron chi connectivity index (χ0n) is 13.0. The highest BCUT2D eigenvalue weighted by Gasteiger charge is 2.31. The molecule has 2 aliphatic rings. The molecule has 0 saturated carbocycles. The number of amides is 1. The van der Waals surface area contributed by atoms with Crippen LogP contribution in [0.2, 0.25) is 0 Å². The first-order valence-electron chi connectivity index (χ1n) is 8.09. The van der Waals surface area contributed by atoms with Gasteiger partial charge in [0, 0.05) is 32.2 Å². The Kier molecular flexibility index (Phi) is 3.78. The molecular weight excluding hydrogens is 292 g/mol. The quantitative estimate of drug-likeness (QED) is 0.817. The predicted octanol–water partition coefficient (Wildman–Crippen LogP) is 0.332. The lowest BCUT2D eigenvalue weighted by Crippen LogP contribution is -2.42. The van der Waals surface area contributed by atoms with Crippen molar-refractivity contribution in [1.82, 2.24) is 30.0 Å². The minimum Gasteiger partial charge on any atom is -0.339 e. The fourth-order valence-corrected chi connectivity index (χ4v) is 3.59. The average molecular weight is 312 g/mol. The van der Waals surface area contributed by atoms with Crippen LogP contribution in [-0.4, -0.2) is 61.6 Å². The van der Waals surface area contributed by atoms with Crippen LogP contribution >= 0.6 is 0 Å². The molecule has 0 N–H and O–H groups in total. The van der Waals surface area contributed by atoms with E-state index in [1.54, 1.807) is 0 Å². The summed E-state index contributed by atoms with van der Waals surface area (Å²) in [6, 6.07) is 9.13. The van der Waals surface area contributed by atoms with Crippen LogP contribution in [0.5, 0.6) is 0 Å². The zero-order chi connectivity index (χ0) is 15.6. The van der Waals surface area contributed by atoms with Crippen molar-refractivity contribution in [3.05, 3.63) is 41.7 Å². The van der Waals surface area contributed by atoms with Gasteiger partial charge in [-0.3, -0.25) is 9.69 Å². The van der Waals surface area contributed by atoms with E-state index in [0.717, 1.165) is 39.0 Å². The number of benzene rings is 1. The Morgan fingerprint density at radius 3 is 2.91 bits per heavy atom. The second-order valence-electron chi connectivity index (χ2n) is 6.28. The van der Waals surface area contributed by atoms with Gasteiger partial charge in [-0.05, 0) is 34.4 Å². The predicted molar refractivity (Wildman–Crippen MR) is 83.4 cm³/mol. The van der Waals surface area contributed by atoms with Gasteiger partial charge in [0.15, 0.2) is 0 Å². The maximum atomic E-state index is 12.3. The summed E-state index contributed by atoms with van der Waals surface area (Å²) in [5, 5.41) is 10.9. The van der Waals surface area contributed by atoms with E-state index in [0.29, 0.717) is 6.04 Å². The van der Waals surface area contributed by atoms with E-state index in [1.807, 2.05) is 4.90 Å². The van der Waals surface area contributed by atoms with E-state index in [-0.39, 0.29) is 12.5 Å². The van der Waals surface area contributed by atoms with Crippen LogP contribution in [0.3, 0.4) is 0 Å². The van der Waals surface area contributed by atoms with E-state index in [2.05, 4.69) is 44.7 Å². The number of hydrogen-bond acceptors (Lipinski definition) is 5. The third-order valence-corrected chi connectivity index (χ3v) is 4.88. The first-order valence-corrected chi connectivity index (χ1v) is 8.09. The van der Waals surface area contributed by atoms with Gasteiger partial charge in [0.2, 0.25) is 5.91 Å². The van der Waals surface area contributed by atoms with E-state index in [9.17, 15) is 4.79 Å². The third-order valence-electron chi connectivity index (χ3n) is 4.88. The summed E-state index contributed by atoms with van der Waals surface area (Å²) in [6.45, 7) is 3.93. The molecule has 1 saturated heterocycles. The Morgan fingerprint density at radius 2 is 2.09 bits per heavy atom. The molecule has 1 aromatic heterocycles. The van der Waals surface area contributed by atoms with E-state index >= 15 is 0 Å². The number of tetrazole rings is 1. The van der Waals surface area contributed by atoms with Crippen LogP contribution < -0.4 is 0 Å².